The molecule has 4 nitrogen and oxygen atoms in total. The third-order valence-electron chi connectivity index (χ3n) is 2.90. The van der Waals surface area contributed by atoms with E-state index in [1.807, 2.05) is 0 Å². The summed E-state index contributed by atoms with van der Waals surface area (Å²) in [5.74, 6) is 1.29. The highest BCUT2D eigenvalue weighted by Crippen LogP contribution is 2.25. The second kappa shape index (κ2) is 4.61. The molecule has 5 heteroatoms. The lowest BCUT2D eigenvalue weighted by atomic mass is 9.96. The summed E-state index contributed by atoms with van der Waals surface area (Å²) in [5, 5.41) is 11.0. The molecule has 1 heterocycles. The largest absolute Gasteiger partial charge is 0.735 e. The van der Waals surface area contributed by atoms with Crippen molar-refractivity contribution in [3.8, 4) is 11.5 Å². The van der Waals surface area contributed by atoms with Gasteiger partial charge in [0.25, 0.3) is 6.76 Å². The molecule has 0 atom stereocenters. The van der Waals surface area contributed by atoms with Crippen LogP contribution in [0.2, 0.25) is 0 Å². The van der Waals surface area contributed by atoms with E-state index in [9.17, 15) is 9.82 Å². The number of hydrogen-bond donors (Lipinski definition) is 1. The van der Waals surface area contributed by atoms with Gasteiger partial charge in [-0.15, -0.1) is 5.28 Å². The van der Waals surface area contributed by atoms with Crippen LogP contribution in [-0.2, 0) is 0 Å². The fourth-order valence-electron chi connectivity index (χ4n) is 1.90. The number of aldehydes is 1. The van der Waals surface area contributed by atoms with E-state index >= 15 is 0 Å². The van der Waals surface area contributed by atoms with Crippen LogP contribution in [0.5, 0.6) is 11.5 Å². The Labute approximate surface area is 109 Å². The van der Waals surface area contributed by atoms with Crippen molar-refractivity contribution in [2.75, 3.05) is 0 Å². The summed E-state index contributed by atoms with van der Waals surface area (Å²) >= 11 is 0. The van der Waals surface area contributed by atoms with Gasteiger partial charge in [-0.25, -0.2) is 0 Å². The van der Waals surface area contributed by atoms with Gasteiger partial charge in [-0.1, -0.05) is 6.07 Å². The van der Waals surface area contributed by atoms with Gasteiger partial charge in [-0.05, 0) is 41.8 Å². The number of fused-ring (bicyclic) bond motifs is 1. The van der Waals surface area contributed by atoms with Crippen LogP contribution in [0.4, 0.5) is 0 Å². The van der Waals surface area contributed by atoms with Crippen LogP contribution in [0, 0.1) is 0 Å². The predicted octanol–water partition coefficient (Wildman–Crippen LogP) is 2.82. The molecule has 1 N–H and O–H groups in total. The predicted molar refractivity (Wildman–Crippen MR) is 71.7 cm³/mol. The smallest absolute Gasteiger partial charge is 0.266 e. The second-order valence-electron chi connectivity index (χ2n) is 4.19. The molecular weight excluding hydrogens is 243 g/mol. The molecular formula is C14H10BO4-. The summed E-state index contributed by atoms with van der Waals surface area (Å²) in [5.41, 5.74) is 0.603. The summed E-state index contributed by atoms with van der Waals surface area (Å²) in [4.78, 5) is 10.6. The van der Waals surface area contributed by atoms with Gasteiger partial charge in [0, 0.05) is 11.8 Å². The van der Waals surface area contributed by atoms with Crippen LogP contribution in [0.15, 0.2) is 53.1 Å². The summed E-state index contributed by atoms with van der Waals surface area (Å²) in [7, 11) is 0. The molecule has 0 aliphatic rings. The molecule has 0 aliphatic carbocycles. The number of benzene rings is 2. The van der Waals surface area contributed by atoms with Gasteiger partial charge in [0.1, 0.15) is 17.8 Å². The second-order valence-corrected chi connectivity index (χ2v) is 4.19. The minimum atomic E-state index is -0.893. The van der Waals surface area contributed by atoms with E-state index < -0.39 is 6.76 Å². The van der Waals surface area contributed by atoms with Crippen molar-refractivity contribution in [3.05, 3.63) is 54.3 Å². The molecule has 3 aromatic rings. The monoisotopic (exact) mass is 253 g/mol. The molecule has 0 radical (unpaired) electrons. The number of hydrogen-bond acceptors (Lipinski definition) is 4. The minimum absolute atomic E-state index is 0.603. The lowest BCUT2D eigenvalue weighted by molar-refractivity contribution is 0.112. The van der Waals surface area contributed by atoms with E-state index in [-0.39, 0.29) is 0 Å². The summed E-state index contributed by atoms with van der Waals surface area (Å²) in [6, 6.07) is 12.2. The Balaban J connectivity index is 1.89. The Hall–Kier alpha value is -2.56. The normalized spacial score (nSPS) is 10.5. The average Bonchev–Trinajstić information content (AvgIpc) is 2.81. The molecule has 0 saturated carbocycles. The first-order valence-corrected chi connectivity index (χ1v) is 5.80. The zero-order chi connectivity index (χ0) is 13.2. The molecule has 0 saturated heterocycles. The van der Waals surface area contributed by atoms with Gasteiger partial charge in [-0.2, -0.15) is 0 Å². The van der Waals surface area contributed by atoms with E-state index in [4.69, 9.17) is 9.07 Å². The van der Waals surface area contributed by atoms with Gasteiger partial charge in [0.15, 0.2) is 0 Å². The van der Waals surface area contributed by atoms with Crippen LogP contribution in [0.3, 0.4) is 0 Å². The highest BCUT2D eigenvalue weighted by molar-refractivity contribution is 6.51. The van der Waals surface area contributed by atoms with Gasteiger partial charge in [0.2, 0.25) is 0 Å². The first-order valence-electron chi connectivity index (χ1n) is 5.80. The fourth-order valence-corrected chi connectivity index (χ4v) is 1.90. The van der Waals surface area contributed by atoms with E-state index in [0.29, 0.717) is 17.1 Å². The average molecular weight is 253 g/mol. The van der Waals surface area contributed by atoms with Gasteiger partial charge >= 0.3 is 0 Å². The van der Waals surface area contributed by atoms with E-state index in [1.54, 1.807) is 42.5 Å². The van der Waals surface area contributed by atoms with E-state index in [1.165, 1.54) is 6.26 Å². The Morgan fingerprint density at radius 3 is 2.58 bits per heavy atom. The van der Waals surface area contributed by atoms with Crippen molar-refractivity contribution in [1.82, 2.24) is 0 Å². The first-order chi connectivity index (χ1) is 9.26. The zero-order valence-corrected chi connectivity index (χ0v) is 9.95. The van der Waals surface area contributed by atoms with Crippen molar-refractivity contribution in [2.24, 2.45) is 0 Å². The van der Waals surface area contributed by atoms with Crippen LogP contribution in [-0.4, -0.2) is 18.1 Å². The van der Waals surface area contributed by atoms with Crippen LogP contribution < -0.4 is 4.74 Å². The quantitative estimate of drug-likeness (QED) is 0.729. The number of ether oxygens (including phenoxy) is 1. The van der Waals surface area contributed by atoms with Gasteiger partial charge < -0.3 is 14.1 Å². The van der Waals surface area contributed by atoms with Crippen LogP contribution in [0.25, 0.3) is 10.7 Å². The Kier molecular flexibility index (Phi) is 2.80. The van der Waals surface area contributed by atoms with Gasteiger partial charge in [0.05, 0.1) is 0 Å². The Morgan fingerprint density at radius 1 is 1.11 bits per heavy atom. The van der Waals surface area contributed by atoms with Crippen LogP contribution >= 0.6 is 0 Å². The third-order valence-corrected chi connectivity index (χ3v) is 2.90. The number of carbonyl (C=O) groups excluding carboxylic acids is 1. The molecule has 3 rings (SSSR count). The molecule has 1 aromatic heterocycles. The third kappa shape index (κ3) is 2.22. The first kappa shape index (κ1) is 11.5. The maximum absolute atomic E-state index is 10.6. The fraction of sp³-hybridized carbons (Fsp3) is 0. The number of rotatable bonds is 3. The molecule has 0 fully saturated rings. The summed E-state index contributed by atoms with van der Waals surface area (Å²) in [6.07, 6.45) is 2.29. The lowest BCUT2D eigenvalue weighted by Gasteiger charge is -2.06. The molecule has 19 heavy (non-hydrogen) atoms. The SMILES string of the molecule is O=Cc1ccc(Oc2ccc3[b-](O)occ3c2)cc1. The summed E-state index contributed by atoms with van der Waals surface area (Å²) < 4.78 is 10.7. The molecule has 94 valence electrons. The molecule has 0 spiro atoms. The van der Waals surface area contributed by atoms with E-state index in [2.05, 4.69) is 0 Å². The maximum Gasteiger partial charge on any atom is 0.266 e. The van der Waals surface area contributed by atoms with Crippen molar-refractivity contribution >= 4 is 23.7 Å². The standard InChI is InChI=1S/C14H10BO4/c16-8-10-1-3-12(4-2-10)19-13-5-6-14-11(7-13)9-18-15(14)17/h1-9,17H/q-1. The molecule has 0 bridgehead atoms. The zero-order valence-electron chi connectivity index (χ0n) is 9.95. The molecule has 0 aliphatic heterocycles. The highest BCUT2D eigenvalue weighted by atomic mass is 16.5. The minimum Gasteiger partial charge on any atom is -0.735 e. The highest BCUT2D eigenvalue weighted by Gasteiger charge is 2.01. The number of carbonyl (C=O) groups is 1. The lowest BCUT2D eigenvalue weighted by Crippen LogP contribution is -1.89. The van der Waals surface area contributed by atoms with Crippen molar-refractivity contribution in [3.63, 3.8) is 0 Å². The van der Waals surface area contributed by atoms with Crippen molar-refractivity contribution in [2.45, 2.75) is 0 Å². The van der Waals surface area contributed by atoms with E-state index in [0.717, 1.165) is 17.0 Å². The van der Waals surface area contributed by atoms with Gasteiger partial charge in [-0.3, -0.25) is 4.79 Å². The Morgan fingerprint density at radius 2 is 1.84 bits per heavy atom. The van der Waals surface area contributed by atoms with Crippen molar-refractivity contribution < 1.29 is 18.9 Å². The van der Waals surface area contributed by atoms with Crippen molar-refractivity contribution in [1.29, 1.82) is 0 Å². The maximum atomic E-state index is 10.6. The summed E-state index contributed by atoms with van der Waals surface area (Å²) in [6.45, 7) is -0.893. The molecule has 0 amide bonds. The topological polar surface area (TPSA) is 59.7 Å². The molecule has 2 aromatic carbocycles. The Bertz CT molecular complexity index is 731. The van der Waals surface area contributed by atoms with Crippen LogP contribution in [0.1, 0.15) is 10.4 Å². The molecule has 0 unspecified atom stereocenters.